The predicted octanol–water partition coefficient (Wildman–Crippen LogP) is 0.671. The highest BCUT2D eigenvalue weighted by molar-refractivity contribution is 5.01. The normalized spacial score (nSPS) is 22.5. The molecule has 2 aliphatic rings. The fourth-order valence-electron chi connectivity index (χ4n) is 3.49. The number of halogens is 2. The van der Waals surface area contributed by atoms with E-state index in [0.717, 1.165) is 32.0 Å². The lowest BCUT2D eigenvalue weighted by Crippen LogP contribution is -2.51. The van der Waals surface area contributed by atoms with Gasteiger partial charge in [-0.15, -0.1) is 0 Å². The van der Waals surface area contributed by atoms with Crippen LogP contribution in [0, 0.1) is 5.92 Å². The van der Waals surface area contributed by atoms with Gasteiger partial charge in [-0.05, 0) is 31.8 Å². The highest BCUT2D eigenvalue weighted by atomic mass is 19.3. The molecule has 1 aromatic rings. The molecule has 3 rings (SSSR count). The molecule has 0 amide bonds. The van der Waals surface area contributed by atoms with Crippen molar-refractivity contribution in [1.82, 2.24) is 14.5 Å². The second-order valence-electron chi connectivity index (χ2n) is 7.15. The molecule has 2 fully saturated rings. The fraction of sp³-hybridized carbons (Fsp3) is 0.765. The van der Waals surface area contributed by atoms with Crippen molar-refractivity contribution < 1.29 is 23.4 Å². The van der Waals surface area contributed by atoms with Crippen LogP contribution in [0.5, 0.6) is 0 Å². The Morgan fingerprint density at radius 1 is 1.27 bits per heavy atom. The number of β-amino-alcohol motifs (C(OH)–C–C–N with tert-alkyl or cyclic N) is 1. The number of nitrogens with zero attached hydrogens (tertiary/aromatic N) is 3. The van der Waals surface area contributed by atoms with Crippen molar-refractivity contribution in [2.45, 2.75) is 31.4 Å². The van der Waals surface area contributed by atoms with E-state index in [-0.39, 0.29) is 19.1 Å². The van der Waals surface area contributed by atoms with Gasteiger partial charge in [-0.3, -0.25) is 9.36 Å². The molecule has 1 N–H and O–H groups in total. The van der Waals surface area contributed by atoms with Gasteiger partial charge in [0.2, 0.25) is 0 Å². The number of rotatable bonds is 5. The summed E-state index contributed by atoms with van der Waals surface area (Å²) in [6, 6.07) is 0.904. The summed E-state index contributed by atoms with van der Waals surface area (Å²) in [5.41, 5.74) is -1.92. The molecule has 9 heteroatoms. The Balaban J connectivity index is 1.50. The number of ether oxygens (including phenoxy) is 2. The van der Waals surface area contributed by atoms with E-state index in [1.54, 1.807) is 0 Å². The van der Waals surface area contributed by atoms with Gasteiger partial charge in [-0.25, -0.2) is 13.8 Å². The van der Waals surface area contributed by atoms with Crippen LogP contribution in [0.1, 0.15) is 25.0 Å². The molecule has 146 valence electrons. The van der Waals surface area contributed by atoms with Gasteiger partial charge >= 0.3 is 0 Å². The monoisotopic (exact) mass is 373 g/mol. The maximum Gasteiger partial charge on any atom is 0.280 e. The summed E-state index contributed by atoms with van der Waals surface area (Å²) in [4.78, 5) is 17.8. The Kier molecular flexibility index (Phi) is 6.33. The van der Waals surface area contributed by atoms with Crippen molar-refractivity contribution in [3.8, 4) is 0 Å². The Morgan fingerprint density at radius 3 is 2.50 bits per heavy atom. The van der Waals surface area contributed by atoms with E-state index in [4.69, 9.17) is 9.47 Å². The Bertz CT molecular complexity index is 639. The molecule has 2 aliphatic heterocycles. The van der Waals surface area contributed by atoms with E-state index in [0.29, 0.717) is 26.3 Å². The third kappa shape index (κ3) is 5.06. The lowest BCUT2D eigenvalue weighted by molar-refractivity contribution is -0.0780. The summed E-state index contributed by atoms with van der Waals surface area (Å²) < 4.78 is 37.3. The first-order valence-corrected chi connectivity index (χ1v) is 8.90. The van der Waals surface area contributed by atoms with Crippen LogP contribution in [-0.4, -0.2) is 71.2 Å². The van der Waals surface area contributed by atoms with Gasteiger partial charge in [0.1, 0.15) is 11.3 Å². The van der Waals surface area contributed by atoms with Crippen LogP contribution >= 0.6 is 0 Å². The van der Waals surface area contributed by atoms with Crippen molar-refractivity contribution in [3.05, 3.63) is 28.4 Å². The van der Waals surface area contributed by atoms with E-state index in [9.17, 15) is 18.7 Å². The predicted molar refractivity (Wildman–Crippen MR) is 89.2 cm³/mol. The van der Waals surface area contributed by atoms with Crippen LogP contribution in [0.25, 0.3) is 0 Å². The largest absolute Gasteiger partial charge is 0.384 e. The summed E-state index contributed by atoms with van der Waals surface area (Å²) in [5, 5.41) is 10.6. The molecule has 0 unspecified atom stereocenters. The van der Waals surface area contributed by atoms with Gasteiger partial charge in [0, 0.05) is 19.2 Å². The molecule has 0 atom stereocenters. The number of hydrogen-bond acceptors (Lipinski definition) is 6. The summed E-state index contributed by atoms with van der Waals surface area (Å²) in [7, 11) is 0. The molecule has 0 saturated carbocycles. The zero-order valence-corrected chi connectivity index (χ0v) is 14.6. The minimum atomic E-state index is -2.73. The van der Waals surface area contributed by atoms with Gasteiger partial charge in [0.05, 0.1) is 32.8 Å². The molecule has 0 bridgehead atoms. The Labute approximate surface area is 150 Å². The molecule has 2 saturated heterocycles. The molecule has 7 nitrogen and oxygen atoms in total. The average Bonchev–Trinajstić information content (AvgIpc) is 2.82. The average molecular weight is 373 g/mol. The summed E-state index contributed by atoms with van der Waals surface area (Å²) in [6.45, 7) is 4.09. The molecule has 1 aromatic heterocycles. The first kappa shape index (κ1) is 19.3. The van der Waals surface area contributed by atoms with Crippen LogP contribution in [-0.2, 0) is 16.0 Å². The van der Waals surface area contributed by atoms with Gasteiger partial charge in [0.25, 0.3) is 12.0 Å². The minimum absolute atomic E-state index is 0.268. The Hall–Kier alpha value is -1.42. The highest BCUT2D eigenvalue weighted by Gasteiger charge is 2.33. The third-order valence-corrected chi connectivity index (χ3v) is 4.92. The number of piperidine rings is 1. The summed E-state index contributed by atoms with van der Waals surface area (Å²) >= 11 is 0. The van der Waals surface area contributed by atoms with E-state index < -0.39 is 23.3 Å². The highest BCUT2D eigenvalue weighted by Crippen LogP contribution is 2.22. The van der Waals surface area contributed by atoms with Crippen molar-refractivity contribution in [2.24, 2.45) is 5.92 Å². The van der Waals surface area contributed by atoms with Gasteiger partial charge in [-0.1, -0.05) is 0 Å². The minimum Gasteiger partial charge on any atom is -0.384 e. The van der Waals surface area contributed by atoms with Crippen LogP contribution in [0.2, 0.25) is 0 Å². The second-order valence-corrected chi connectivity index (χ2v) is 7.15. The number of likely N-dealkylation sites (tertiary alicyclic amines) is 1. The lowest BCUT2D eigenvalue weighted by atomic mass is 9.95. The Morgan fingerprint density at radius 2 is 1.92 bits per heavy atom. The number of aliphatic hydroxyl groups is 1. The number of alkyl halides is 2. The van der Waals surface area contributed by atoms with E-state index in [2.05, 4.69) is 9.88 Å². The van der Waals surface area contributed by atoms with E-state index >= 15 is 0 Å². The zero-order valence-electron chi connectivity index (χ0n) is 14.6. The molecule has 0 spiro atoms. The molecule has 0 radical (unpaired) electrons. The van der Waals surface area contributed by atoms with Crippen LogP contribution in [0.15, 0.2) is 17.2 Å². The first-order chi connectivity index (χ1) is 12.5. The molecule has 3 heterocycles. The van der Waals surface area contributed by atoms with Crippen LogP contribution in [0.3, 0.4) is 0 Å². The van der Waals surface area contributed by atoms with Crippen molar-refractivity contribution in [2.75, 3.05) is 46.1 Å². The van der Waals surface area contributed by atoms with Crippen LogP contribution in [0.4, 0.5) is 8.78 Å². The van der Waals surface area contributed by atoms with E-state index in [1.165, 1.54) is 10.9 Å². The number of hydrogen-bond donors (Lipinski definition) is 1. The molecule has 26 heavy (non-hydrogen) atoms. The first-order valence-electron chi connectivity index (χ1n) is 8.90. The molecular weight excluding hydrogens is 348 g/mol. The van der Waals surface area contributed by atoms with Crippen LogP contribution < -0.4 is 5.56 Å². The van der Waals surface area contributed by atoms with Gasteiger partial charge in [-0.2, -0.15) is 0 Å². The van der Waals surface area contributed by atoms with E-state index in [1.807, 2.05) is 0 Å². The third-order valence-electron chi connectivity index (χ3n) is 4.92. The smallest absolute Gasteiger partial charge is 0.280 e. The van der Waals surface area contributed by atoms with Crippen molar-refractivity contribution in [1.29, 1.82) is 0 Å². The fourth-order valence-corrected chi connectivity index (χ4v) is 3.49. The van der Waals surface area contributed by atoms with Crippen molar-refractivity contribution >= 4 is 0 Å². The van der Waals surface area contributed by atoms with Gasteiger partial charge in [0.15, 0.2) is 0 Å². The topological polar surface area (TPSA) is 76.8 Å². The summed E-state index contributed by atoms with van der Waals surface area (Å²) in [5.74, 6) is 0.277. The SMILES string of the molecule is O=c1cc(C(F)F)ncn1CC1CCN(CC2(O)COCCOC2)CC1. The molecule has 0 aliphatic carbocycles. The van der Waals surface area contributed by atoms with Gasteiger partial charge < -0.3 is 19.5 Å². The lowest BCUT2D eigenvalue weighted by Gasteiger charge is -2.37. The zero-order chi connectivity index (χ0) is 18.6. The maximum atomic E-state index is 12.6. The second kappa shape index (κ2) is 8.51. The molecular formula is C17H25F2N3O4. The standard InChI is InChI=1S/C17H25F2N3O4/c18-16(19)14-7-15(23)22(12-20-14)8-13-1-3-21(4-2-13)9-17(24)10-25-5-6-26-11-17/h7,12-13,16,24H,1-6,8-11H2. The molecule has 0 aromatic carbocycles. The number of aromatic nitrogens is 2. The maximum absolute atomic E-state index is 12.6. The van der Waals surface area contributed by atoms with Crippen molar-refractivity contribution in [3.63, 3.8) is 0 Å². The quantitative estimate of drug-likeness (QED) is 0.818. The summed E-state index contributed by atoms with van der Waals surface area (Å²) in [6.07, 6.45) is 0.198.